The van der Waals surface area contributed by atoms with E-state index in [-0.39, 0.29) is 10.9 Å². The molecule has 2 rings (SSSR count). The molecule has 0 unspecified atom stereocenters. The molecule has 0 aliphatic carbocycles. The molecule has 0 bridgehead atoms. The molecule has 2 heterocycles. The maximum atomic E-state index is 13.2. The van der Waals surface area contributed by atoms with Gasteiger partial charge < -0.3 is 0 Å². The van der Waals surface area contributed by atoms with E-state index in [1.807, 2.05) is 24.4 Å². The van der Waals surface area contributed by atoms with Crippen LogP contribution in [0.15, 0.2) is 47.1 Å². The Morgan fingerprint density at radius 1 is 1.21 bits per heavy atom. The van der Waals surface area contributed by atoms with Crippen LogP contribution in [0.25, 0.3) is 0 Å². The predicted octanol–water partition coefficient (Wildman–Crippen LogP) is 5.01. The molecular formula is C18H25N3OSSi. The van der Waals surface area contributed by atoms with Crippen LogP contribution in [-0.2, 0) is 0 Å². The molecule has 24 heavy (non-hydrogen) atoms. The van der Waals surface area contributed by atoms with Gasteiger partial charge in [-0.3, -0.25) is 14.5 Å². The highest BCUT2D eigenvalue weighted by molar-refractivity contribution is 7.12. The summed E-state index contributed by atoms with van der Waals surface area (Å²) in [6, 6.07) is 7.53. The van der Waals surface area contributed by atoms with Gasteiger partial charge in [0.2, 0.25) is 0 Å². The van der Waals surface area contributed by atoms with Gasteiger partial charge in [-0.25, -0.2) is 0 Å². The molecule has 0 saturated heterocycles. The molecule has 2 aromatic heterocycles. The van der Waals surface area contributed by atoms with Crippen molar-refractivity contribution in [3.8, 4) is 0 Å². The highest BCUT2D eigenvalue weighted by Crippen LogP contribution is 2.39. The summed E-state index contributed by atoms with van der Waals surface area (Å²) in [5, 5.41) is 6.80. The molecule has 0 atom stereocenters. The minimum atomic E-state index is -2.17. The van der Waals surface area contributed by atoms with Crippen LogP contribution in [0.3, 0.4) is 0 Å². The number of thiophene rings is 1. The smallest absolute Gasteiger partial charge is 0.265 e. The van der Waals surface area contributed by atoms with Gasteiger partial charge in [0, 0.05) is 22.8 Å². The molecule has 0 N–H and O–H groups in total. The molecule has 0 saturated carbocycles. The van der Waals surface area contributed by atoms with Crippen molar-refractivity contribution in [2.45, 2.75) is 45.8 Å². The molecular weight excluding hydrogens is 334 g/mol. The van der Waals surface area contributed by atoms with Crippen LogP contribution in [0.4, 0.5) is 0 Å². The van der Waals surface area contributed by atoms with Crippen LogP contribution in [0.2, 0.25) is 18.1 Å². The van der Waals surface area contributed by atoms with Crippen LogP contribution in [0.1, 0.15) is 42.9 Å². The molecule has 4 nitrogen and oxygen atoms in total. The lowest BCUT2D eigenvalue weighted by Crippen LogP contribution is -2.55. The molecule has 2 aromatic rings. The van der Waals surface area contributed by atoms with Crippen molar-refractivity contribution in [1.29, 1.82) is 0 Å². The Morgan fingerprint density at radius 2 is 1.83 bits per heavy atom. The SMILES string of the molecule is C/C(=N\N(C(=O)c1ccncc1)[Si](C)(C)C(C)(C)C)c1cccs1. The average molecular weight is 360 g/mol. The molecule has 128 valence electrons. The number of nitrogens with zero attached hydrogens (tertiary/aromatic N) is 3. The van der Waals surface area contributed by atoms with Crippen LogP contribution in [0, 0.1) is 0 Å². The Balaban J connectivity index is 2.50. The second kappa shape index (κ2) is 6.99. The maximum absolute atomic E-state index is 13.2. The van der Waals surface area contributed by atoms with E-state index < -0.39 is 8.24 Å². The Labute approximate surface area is 149 Å². The largest absolute Gasteiger partial charge is 0.268 e. The zero-order chi connectivity index (χ0) is 18.0. The number of rotatable bonds is 4. The van der Waals surface area contributed by atoms with Crippen molar-refractivity contribution in [2.24, 2.45) is 5.10 Å². The summed E-state index contributed by atoms with van der Waals surface area (Å²) in [5.41, 5.74) is 1.50. The first-order chi connectivity index (χ1) is 11.1. The Bertz CT molecular complexity index is 718. The number of carbonyl (C=O) groups excluding carboxylic acids is 1. The molecule has 6 heteroatoms. The monoisotopic (exact) mass is 359 g/mol. The normalized spacial score (nSPS) is 13.0. The summed E-state index contributed by atoms with van der Waals surface area (Å²) in [6.07, 6.45) is 3.29. The number of hydrogen-bond acceptors (Lipinski definition) is 4. The first-order valence-electron chi connectivity index (χ1n) is 7.98. The second-order valence-electron chi connectivity index (χ2n) is 7.32. The molecule has 0 spiro atoms. The van der Waals surface area contributed by atoms with Gasteiger partial charge in [0.05, 0.1) is 5.71 Å². The minimum Gasteiger partial charge on any atom is -0.268 e. The number of carbonyl (C=O) groups is 1. The van der Waals surface area contributed by atoms with E-state index in [4.69, 9.17) is 5.10 Å². The second-order valence-corrected chi connectivity index (χ2v) is 13.3. The van der Waals surface area contributed by atoms with Crippen molar-refractivity contribution in [3.05, 3.63) is 52.5 Å². The molecule has 0 radical (unpaired) electrons. The lowest BCUT2D eigenvalue weighted by molar-refractivity contribution is 0.0847. The fraction of sp³-hybridized carbons (Fsp3) is 0.389. The van der Waals surface area contributed by atoms with Crippen LogP contribution >= 0.6 is 11.3 Å². The topological polar surface area (TPSA) is 45.6 Å². The maximum Gasteiger partial charge on any atom is 0.265 e. The summed E-state index contributed by atoms with van der Waals surface area (Å²) in [6.45, 7) is 12.9. The van der Waals surface area contributed by atoms with Crippen molar-refractivity contribution in [2.75, 3.05) is 0 Å². The van der Waals surface area contributed by atoms with Gasteiger partial charge in [-0.1, -0.05) is 26.8 Å². The number of aromatic nitrogens is 1. The zero-order valence-corrected chi connectivity index (χ0v) is 17.0. The fourth-order valence-electron chi connectivity index (χ4n) is 2.04. The van der Waals surface area contributed by atoms with Gasteiger partial charge in [0.1, 0.15) is 0 Å². The third-order valence-electron chi connectivity index (χ3n) is 4.61. The van der Waals surface area contributed by atoms with Crippen molar-refractivity contribution < 1.29 is 4.79 Å². The first kappa shape index (κ1) is 18.5. The number of amides is 1. The Kier molecular flexibility index (Phi) is 5.40. The standard InChI is InChI=1S/C18H25N3OSSi/c1-14(16-8-7-13-23-16)20-21(24(5,6)18(2,3)4)17(22)15-9-11-19-12-10-15/h7-13H,1-6H3/b20-14+. The van der Waals surface area contributed by atoms with Gasteiger partial charge in [-0.2, -0.15) is 5.10 Å². The number of hydrazone groups is 1. The Hall–Kier alpha value is -1.79. The van der Waals surface area contributed by atoms with Crippen molar-refractivity contribution in [1.82, 2.24) is 9.66 Å². The number of hydrogen-bond donors (Lipinski definition) is 0. The lowest BCUT2D eigenvalue weighted by Gasteiger charge is -2.42. The van der Waals surface area contributed by atoms with E-state index in [0.29, 0.717) is 5.56 Å². The minimum absolute atomic E-state index is 0.00504. The van der Waals surface area contributed by atoms with Gasteiger partial charge >= 0.3 is 0 Å². The van der Waals surface area contributed by atoms with Crippen LogP contribution in [-0.4, -0.2) is 29.5 Å². The van der Waals surface area contributed by atoms with Crippen molar-refractivity contribution in [3.63, 3.8) is 0 Å². The lowest BCUT2D eigenvalue weighted by atomic mass is 10.2. The molecule has 0 aliphatic rings. The number of pyridine rings is 1. The highest BCUT2D eigenvalue weighted by atomic mass is 32.1. The molecule has 0 aliphatic heterocycles. The molecule has 0 fully saturated rings. The molecule has 0 aromatic carbocycles. The van der Waals surface area contributed by atoms with E-state index in [1.54, 1.807) is 40.5 Å². The third-order valence-corrected chi connectivity index (χ3v) is 10.6. The summed E-state index contributed by atoms with van der Waals surface area (Å²) >= 11 is 1.64. The van der Waals surface area contributed by atoms with E-state index in [9.17, 15) is 4.79 Å². The van der Waals surface area contributed by atoms with E-state index >= 15 is 0 Å². The third kappa shape index (κ3) is 3.81. The summed E-state index contributed by atoms with van der Waals surface area (Å²) < 4.78 is 1.76. The summed E-state index contributed by atoms with van der Waals surface area (Å²) in [4.78, 5) is 18.3. The predicted molar refractivity (Wildman–Crippen MR) is 104 cm³/mol. The van der Waals surface area contributed by atoms with Crippen LogP contribution < -0.4 is 0 Å². The quantitative estimate of drug-likeness (QED) is 0.437. The van der Waals surface area contributed by atoms with Gasteiger partial charge in [0.15, 0.2) is 8.24 Å². The van der Waals surface area contributed by atoms with E-state index in [2.05, 4.69) is 38.8 Å². The van der Waals surface area contributed by atoms with Gasteiger partial charge in [-0.05, 0) is 48.6 Å². The molecule has 1 amide bonds. The van der Waals surface area contributed by atoms with E-state index in [1.165, 1.54) is 0 Å². The Morgan fingerprint density at radius 3 is 2.33 bits per heavy atom. The summed E-state index contributed by atoms with van der Waals surface area (Å²) in [5.74, 6) is -0.0557. The highest BCUT2D eigenvalue weighted by Gasteiger charge is 2.44. The zero-order valence-electron chi connectivity index (χ0n) is 15.2. The van der Waals surface area contributed by atoms with Gasteiger partial charge in [-0.15, -0.1) is 11.3 Å². The summed E-state index contributed by atoms with van der Waals surface area (Å²) in [7, 11) is -2.17. The van der Waals surface area contributed by atoms with Crippen LogP contribution in [0.5, 0.6) is 0 Å². The first-order valence-corrected chi connectivity index (χ1v) is 11.8. The van der Waals surface area contributed by atoms with Gasteiger partial charge in [0.25, 0.3) is 5.91 Å². The average Bonchev–Trinajstić information content (AvgIpc) is 3.06. The van der Waals surface area contributed by atoms with Crippen molar-refractivity contribution >= 4 is 31.2 Å². The fourth-order valence-corrected chi connectivity index (χ4v) is 4.39. The van der Waals surface area contributed by atoms with E-state index in [0.717, 1.165) is 10.6 Å².